The van der Waals surface area contributed by atoms with Crippen LogP contribution in [0.4, 0.5) is 0 Å². The van der Waals surface area contributed by atoms with Gasteiger partial charge in [-0.1, -0.05) is 60.7 Å². The average Bonchev–Trinajstić information content (AvgIpc) is 3.58. The highest BCUT2D eigenvalue weighted by molar-refractivity contribution is 7.89. The second kappa shape index (κ2) is 8.81. The first-order valence-corrected chi connectivity index (χ1v) is 11.5. The number of rotatable bonds is 8. The van der Waals surface area contributed by atoms with E-state index in [1.807, 2.05) is 60.7 Å². The summed E-state index contributed by atoms with van der Waals surface area (Å²) in [5.74, 6) is -0.237. The van der Waals surface area contributed by atoms with Gasteiger partial charge in [-0.3, -0.25) is 4.79 Å². The normalized spacial score (nSPS) is 14.8. The summed E-state index contributed by atoms with van der Waals surface area (Å²) in [6.07, 6.45) is 2.42. The number of nitrogens with one attached hydrogen (secondary N) is 2. The molecule has 0 spiro atoms. The Kier molecular flexibility index (Phi) is 5.97. The van der Waals surface area contributed by atoms with Gasteiger partial charge < -0.3 is 5.32 Å². The highest BCUT2D eigenvalue weighted by Gasteiger charge is 2.28. The van der Waals surface area contributed by atoms with Gasteiger partial charge in [-0.2, -0.15) is 0 Å². The molecule has 6 heteroatoms. The minimum Gasteiger partial charge on any atom is -0.345 e. The fourth-order valence-electron chi connectivity index (χ4n) is 3.30. The zero-order valence-electron chi connectivity index (χ0n) is 16.5. The van der Waals surface area contributed by atoms with E-state index in [0.717, 1.165) is 24.0 Å². The van der Waals surface area contributed by atoms with Crippen LogP contribution in [0, 0.1) is 0 Å². The summed E-state index contributed by atoms with van der Waals surface area (Å²) in [4.78, 5) is 13.1. The zero-order valence-corrected chi connectivity index (χ0v) is 17.3. The molecule has 5 nitrogen and oxygen atoms in total. The second-order valence-electron chi connectivity index (χ2n) is 7.55. The summed E-state index contributed by atoms with van der Waals surface area (Å²) in [6.45, 7) is 0. The number of hydrogen-bond donors (Lipinski definition) is 2. The van der Waals surface area contributed by atoms with Gasteiger partial charge in [-0.05, 0) is 54.7 Å². The molecule has 0 aromatic heterocycles. The summed E-state index contributed by atoms with van der Waals surface area (Å²) in [6, 6.07) is 25.8. The first-order chi connectivity index (χ1) is 14.5. The molecule has 30 heavy (non-hydrogen) atoms. The van der Waals surface area contributed by atoms with Crippen molar-refractivity contribution in [3.8, 4) is 0 Å². The Hall–Kier alpha value is -2.96. The van der Waals surface area contributed by atoms with E-state index in [0.29, 0.717) is 12.0 Å². The maximum Gasteiger partial charge on any atom is 0.251 e. The van der Waals surface area contributed by atoms with E-state index in [1.165, 1.54) is 12.1 Å². The first-order valence-electron chi connectivity index (χ1n) is 10.0. The zero-order chi connectivity index (χ0) is 21.0. The third-order valence-corrected chi connectivity index (χ3v) is 6.65. The molecule has 0 radical (unpaired) electrons. The van der Waals surface area contributed by atoms with E-state index in [4.69, 9.17) is 0 Å². The van der Waals surface area contributed by atoms with Gasteiger partial charge in [-0.25, -0.2) is 13.1 Å². The molecule has 0 heterocycles. The quantitative estimate of drug-likeness (QED) is 0.581. The molecule has 3 aromatic carbocycles. The lowest BCUT2D eigenvalue weighted by molar-refractivity contribution is 0.0936. The van der Waals surface area contributed by atoms with Crippen molar-refractivity contribution in [1.29, 1.82) is 0 Å². The molecule has 1 unspecified atom stereocenters. The van der Waals surface area contributed by atoms with E-state index in [1.54, 1.807) is 12.1 Å². The molecular weight excluding hydrogens is 396 g/mol. The van der Waals surface area contributed by atoms with Gasteiger partial charge in [0.05, 0.1) is 10.9 Å². The summed E-state index contributed by atoms with van der Waals surface area (Å²) in [7, 11) is -3.53. The summed E-state index contributed by atoms with van der Waals surface area (Å²) >= 11 is 0. The topological polar surface area (TPSA) is 75.3 Å². The lowest BCUT2D eigenvalue weighted by Gasteiger charge is -2.20. The van der Waals surface area contributed by atoms with Crippen LogP contribution in [-0.2, 0) is 16.4 Å². The number of amides is 1. The van der Waals surface area contributed by atoms with E-state index >= 15 is 0 Å². The van der Waals surface area contributed by atoms with Crippen molar-refractivity contribution in [3.63, 3.8) is 0 Å². The standard InChI is InChI=1S/C24H24N2O3S/c27-24(20-11-15-22(16-12-20)30(28,29)26-21-13-14-21)25-23(19-9-5-2-6-10-19)17-18-7-3-1-4-8-18/h1-12,15-16,21,23,26H,13-14,17H2,(H,25,27). The van der Waals surface area contributed by atoms with Crippen molar-refractivity contribution in [2.75, 3.05) is 0 Å². The van der Waals surface area contributed by atoms with Crippen molar-refractivity contribution < 1.29 is 13.2 Å². The molecule has 1 fully saturated rings. The third kappa shape index (κ3) is 5.14. The molecule has 2 N–H and O–H groups in total. The van der Waals surface area contributed by atoms with E-state index in [-0.39, 0.29) is 22.9 Å². The van der Waals surface area contributed by atoms with Crippen molar-refractivity contribution in [3.05, 3.63) is 102 Å². The van der Waals surface area contributed by atoms with Crippen LogP contribution in [0.15, 0.2) is 89.8 Å². The molecule has 0 bridgehead atoms. The van der Waals surface area contributed by atoms with Crippen molar-refractivity contribution in [1.82, 2.24) is 10.0 Å². The van der Waals surface area contributed by atoms with Gasteiger partial charge in [0.15, 0.2) is 0 Å². The molecular formula is C24H24N2O3S. The molecule has 1 atom stereocenters. The molecule has 0 saturated heterocycles. The van der Waals surface area contributed by atoms with E-state index in [2.05, 4.69) is 10.0 Å². The smallest absolute Gasteiger partial charge is 0.251 e. The fourth-order valence-corrected chi connectivity index (χ4v) is 4.61. The van der Waals surface area contributed by atoms with Crippen LogP contribution in [0.5, 0.6) is 0 Å². The summed E-state index contributed by atoms with van der Waals surface area (Å²) in [5, 5.41) is 3.09. The lowest BCUT2D eigenvalue weighted by Crippen LogP contribution is -2.30. The van der Waals surface area contributed by atoms with Gasteiger partial charge in [-0.15, -0.1) is 0 Å². The third-order valence-electron chi connectivity index (χ3n) is 5.12. The van der Waals surface area contributed by atoms with Crippen LogP contribution < -0.4 is 10.0 Å². The Labute approximate surface area is 177 Å². The fraction of sp³-hybridized carbons (Fsp3) is 0.208. The maximum absolute atomic E-state index is 12.9. The summed E-state index contributed by atoms with van der Waals surface area (Å²) in [5.41, 5.74) is 2.57. The minimum absolute atomic E-state index is 0.0441. The van der Waals surface area contributed by atoms with Gasteiger partial charge >= 0.3 is 0 Å². The molecule has 3 aromatic rings. The molecule has 1 aliphatic carbocycles. The molecule has 4 rings (SSSR count). The Bertz CT molecular complexity index is 1090. The van der Waals surface area contributed by atoms with Crippen molar-refractivity contribution in [2.45, 2.75) is 36.2 Å². The van der Waals surface area contributed by atoms with Gasteiger partial charge in [0.1, 0.15) is 0 Å². The molecule has 1 amide bonds. The van der Waals surface area contributed by atoms with Gasteiger partial charge in [0, 0.05) is 11.6 Å². The van der Waals surface area contributed by atoms with Gasteiger partial charge in [0.2, 0.25) is 10.0 Å². The number of carbonyl (C=O) groups excluding carboxylic acids is 1. The average molecular weight is 421 g/mol. The van der Waals surface area contributed by atoms with E-state index < -0.39 is 10.0 Å². The first kappa shape index (κ1) is 20.3. The van der Waals surface area contributed by atoms with Crippen LogP contribution in [-0.4, -0.2) is 20.4 Å². The minimum atomic E-state index is -3.53. The predicted molar refractivity (Wildman–Crippen MR) is 117 cm³/mol. The van der Waals surface area contributed by atoms with Crippen LogP contribution in [0.2, 0.25) is 0 Å². The van der Waals surface area contributed by atoms with Crippen LogP contribution >= 0.6 is 0 Å². The Balaban J connectivity index is 1.50. The number of sulfonamides is 1. The Morgan fingerprint density at radius 1 is 0.867 bits per heavy atom. The number of carbonyl (C=O) groups is 1. The largest absolute Gasteiger partial charge is 0.345 e. The van der Waals surface area contributed by atoms with Crippen LogP contribution in [0.3, 0.4) is 0 Å². The molecule has 154 valence electrons. The predicted octanol–water partition coefficient (Wildman–Crippen LogP) is 3.84. The highest BCUT2D eigenvalue weighted by atomic mass is 32.2. The lowest BCUT2D eigenvalue weighted by atomic mass is 9.98. The highest BCUT2D eigenvalue weighted by Crippen LogP contribution is 2.23. The van der Waals surface area contributed by atoms with E-state index in [9.17, 15) is 13.2 Å². The SMILES string of the molecule is O=C(NC(Cc1ccccc1)c1ccccc1)c1ccc(S(=O)(=O)NC2CC2)cc1. The summed E-state index contributed by atoms with van der Waals surface area (Å²) < 4.78 is 27.3. The van der Waals surface area contributed by atoms with Crippen molar-refractivity contribution >= 4 is 15.9 Å². The monoisotopic (exact) mass is 420 g/mol. The molecule has 0 aliphatic heterocycles. The molecule has 1 aliphatic rings. The number of hydrogen-bond acceptors (Lipinski definition) is 3. The number of benzene rings is 3. The second-order valence-corrected chi connectivity index (χ2v) is 9.26. The molecule has 1 saturated carbocycles. The van der Waals surface area contributed by atoms with Gasteiger partial charge in [0.25, 0.3) is 5.91 Å². The maximum atomic E-state index is 12.9. The Morgan fingerprint density at radius 2 is 1.47 bits per heavy atom. The van der Waals surface area contributed by atoms with Crippen LogP contribution in [0.25, 0.3) is 0 Å². The van der Waals surface area contributed by atoms with Crippen molar-refractivity contribution in [2.24, 2.45) is 0 Å². The Morgan fingerprint density at radius 3 is 2.07 bits per heavy atom. The van der Waals surface area contributed by atoms with Crippen LogP contribution in [0.1, 0.15) is 40.4 Å².